The lowest BCUT2D eigenvalue weighted by Gasteiger charge is -2.06. The van der Waals surface area contributed by atoms with Gasteiger partial charge in [0, 0.05) is 24.5 Å². The molecule has 2 N–H and O–H groups in total. The molecule has 3 rings (SSSR count). The number of benzene rings is 1. The van der Waals surface area contributed by atoms with Gasteiger partial charge in [-0.25, -0.2) is 4.39 Å². The number of pyridine rings is 1. The minimum absolute atomic E-state index is 0.302. The highest BCUT2D eigenvalue weighted by atomic mass is 19.1. The van der Waals surface area contributed by atoms with Crippen molar-refractivity contribution in [2.75, 3.05) is 6.54 Å². The van der Waals surface area contributed by atoms with Crippen molar-refractivity contribution >= 4 is 10.9 Å². The molecule has 0 radical (unpaired) electrons. The van der Waals surface area contributed by atoms with Gasteiger partial charge in [0.2, 0.25) is 0 Å². The summed E-state index contributed by atoms with van der Waals surface area (Å²) in [5.41, 5.74) is 8.81. The van der Waals surface area contributed by atoms with E-state index in [1.807, 2.05) is 6.20 Å². The molecule has 4 heteroatoms. The van der Waals surface area contributed by atoms with E-state index in [4.69, 9.17) is 5.73 Å². The van der Waals surface area contributed by atoms with E-state index < -0.39 is 0 Å². The SMILES string of the molecule is NCCc1ccc2c(ccn2Cc2cncc(F)c2)c1. The largest absolute Gasteiger partial charge is 0.343 e. The molecule has 0 unspecified atom stereocenters. The van der Waals surface area contributed by atoms with Crippen molar-refractivity contribution in [3.8, 4) is 0 Å². The fraction of sp³-hybridized carbons (Fsp3) is 0.188. The highest BCUT2D eigenvalue weighted by molar-refractivity contribution is 5.81. The maximum Gasteiger partial charge on any atom is 0.141 e. The van der Waals surface area contributed by atoms with E-state index in [1.165, 1.54) is 23.2 Å². The van der Waals surface area contributed by atoms with Crippen LogP contribution >= 0.6 is 0 Å². The van der Waals surface area contributed by atoms with E-state index in [1.54, 1.807) is 6.20 Å². The third-order valence-corrected chi connectivity index (χ3v) is 3.38. The second-order valence-electron chi connectivity index (χ2n) is 4.89. The molecule has 0 atom stereocenters. The van der Waals surface area contributed by atoms with Gasteiger partial charge < -0.3 is 10.3 Å². The summed E-state index contributed by atoms with van der Waals surface area (Å²) in [6.07, 6.45) is 5.81. The Morgan fingerprint density at radius 3 is 2.80 bits per heavy atom. The molecule has 20 heavy (non-hydrogen) atoms. The van der Waals surface area contributed by atoms with Crippen LogP contribution in [-0.2, 0) is 13.0 Å². The van der Waals surface area contributed by atoms with Crippen LogP contribution in [-0.4, -0.2) is 16.1 Å². The van der Waals surface area contributed by atoms with Crippen molar-refractivity contribution in [3.05, 3.63) is 65.9 Å². The molecule has 0 fully saturated rings. The Kier molecular flexibility index (Phi) is 3.48. The van der Waals surface area contributed by atoms with Gasteiger partial charge in [-0.3, -0.25) is 4.98 Å². The lowest BCUT2D eigenvalue weighted by molar-refractivity contribution is 0.617. The average Bonchev–Trinajstić information content (AvgIpc) is 2.82. The molecule has 2 heterocycles. The zero-order chi connectivity index (χ0) is 13.9. The molecule has 3 aromatic rings. The topological polar surface area (TPSA) is 43.8 Å². The molecular weight excluding hydrogens is 253 g/mol. The average molecular weight is 269 g/mol. The first kappa shape index (κ1) is 12.8. The van der Waals surface area contributed by atoms with Gasteiger partial charge in [-0.15, -0.1) is 0 Å². The molecule has 0 aliphatic rings. The Morgan fingerprint density at radius 2 is 2.00 bits per heavy atom. The van der Waals surface area contributed by atoms with Gasteiger partial charge in [-0.1, -0.05) is 6.07 Å². The van der Waals surface area contributed by atoms with E-state index in [0.717, 1.165) is 17.5 Å². The predicted molar refractivity (Wildman–Crippen MR) is 78.0 cm³/mol. The summed E-state index contributed by atoms with van der Waals surface area (Å²) in [4.78, 5) is 3.88. The summed E-state index contributed by atoms with van der Waals surface area (Å²) in [5.74, 6) is -0.302. The molecule has 2 aromatic heterocycles. The fourth-order valence-corrected chi connectivity index (χ4v) is 2.45. The first-order valence-corrected chi connectivity index (χ1v) is 6.63. The van der Waals surface area contributed by atoms with Gasteiger partial charge in [-0.05, 0) is 53.7 Å². The second kappa shape index (κ2) is 5.43. The molecule has 0 saturated carbocycles. The first-order chi connectivity index (χ1) is 9.76. The van der Waals surface area contributed by atoms with Crippen molar-refractivity contribution in [1.29, 1.82) is 0 Å². The van der Waals surface area contributed by atoms with Crippen LogP contribution in [0.3, 0.4) is 0 Å². The molecule has 0 aliphatic heterocycles. The number of aromatic nitrogens is 2. The number of rotatable bonds is 4. The predicted octanol–water partition coefficient (Wildman–Crippen LogP) is 2.72. The van der Waals surface area contributed by atoms with Crippen LogP contribution in [0.15, 0.2) is 48.9 Å². The van der Waals surface area contributed by atoms with E-state index in [9.17, 15) is 4.39 Å². The molecule has 3 nitrogen and oxygen atoms in total. The van der Waals surface area contributed by atoms with Gasteiger partial charge in [-0.2, -0.15) is 0 Å². The minimum Gasteiger partial charge on any atom is -0.343 e. The Hall–Kier alpha value is -2.20. The van der Waals surface area contributed by atoms with Crippen molar-refractivity contribution in [2.24, 2.45) is 5.73 Å². The zero-order valence-corrected chi connectivity index (χ0v) is 11.1. The molecule has 0 aliphatic carbocycles. The van der Waals surface area contributed by atoms with Crippen LogP contribution in [0.25, 0.3) is 10.9 Å². The molecule has 0 spiro atoms. The summed E-state index contributed by atoms with van der Waals surface area (Å²) in [6.45, 7) is 1.27. The summed E-state index contributed by atoms with van der Waals surface area (Å²) < 4.78 is 15.3. The zero-order valence-electron chi connectivity index (χ0n) is 11.1. The van der Waals surface area contributed by atoms with Crippen molar-refractivity contribution in [3.63, 3.8) is 0 Å². The summed E-state index contributed by atoms with van der Waals surface area (Å²) in [5, 5.41) is 1.18. The maximum atomic E-state index is 13.2. The number of halogens is 1. The van der Waals surface area contributed by atoms with Crippen LogP contribution in [0.2, 0.25) is 0 Å². The Bertz CT molecular complexity index is 733. The highest BCUT2D eigenvalue weighted by Gasteiger charge is 2.04. The van der Waals surface area contributed by atoms with Gasteiger partial charge in [0.25, 0.3) is 0 Å². The summed E-state index contributed by atoms with van der Waals surface area (Å²) in [7, 11) is 0. The summed E-state index contributed by atoms with van der Waals surface area (Å²) in [6, 6.07) is 9.93. The monoisotopic (exact) mass is 269 g/mol. The van der Waals surface area contributed by atoms with Gasteiger partial charge in [0.1, 0.15) is 5.82 Å². The molecule has 0 bridgehead atoms. The number of hydrogen-bond donors (Lipinski definition) is 1. The molecule has 0 amide bonds. The van der Waals surface area contributed by atoms with Crippen molar-refractivity contribution in [1.82, 2.24) is 9.55 Å². The van der Waals surface area contributed by atoms with Gasteiger partial charge in [0.15, 0.2) is 0 Å². The van der Waals surface area contributed by atoms with Crippen molar-refractivity contribution in [2.45, 2.75) is 13.0 Å². The summed E-state index contributed by atoms with van der Waals surface area (Å²) >= 11 is 0. The second-order valence-corrected chi connectivity index (χ2v) is 4.89. The van der Waals surface area contributed by atoms with E-state index in [2.05, 4.69) is 33.8 Å². The molecule has 0 saturated heterocycles. The van der Waals surface area contributed by atoms with Crippen LogP contribution in [0.1, 0.15) is 11.1 Å². The lowest BCUT2D eigenvalue weighted by Crippen LogP contribution is -2.02. The van der Waals surface area contributed by atoms with Crippen molar-refractivity contribution < 1.29 is 4.39 Å². The minimum atomic E-state index is -0.302. The number of hydrogen-bond acceptors (Lipinski definition) is 2. The lowest BCUT2D eigenvalue weighted by atomic mass is 10.1. The Balaban J connectivity index is 1.92. The smallest absolute Gasteiger partial charge is 0.141 e. The van der Waals surface area contributed by atoms with Crippen LogP contribution in [0.4, 0.5) is 4.39 Å². The van der Waals surface area contributed by atoms with E-state index >= 15 is 0 Å². The molecule has 102 valence electrons. The number of nitrogens with two attached hydrogens (primary N) is 1. The molecular formula is C16H16FN3. The van der Waals surface area contributed by atoms with Crippen LogP contribution in [0.5, 0.6) is 0 Å². The normalized spacial score (nSPS) is 11.1. The quantitative estimate of drug-likeness (QED) is 0.791. The first-order valence-electron chi connectivity index (χ1n) is 6.63. The standard InChI is InChI=1S/C16H16FN3/c17-15-8-13(9-19-10-15)11-20-6-4-14-7-12(3-5-18)1-2-16(14)20/h1-2,4,6-10H,3,5,11,18H2. The fourth-order valence-electron chi connectivity index (χ4n) is 2.45. The number of fused-ring (bicyclic) bond motifs is 1. The Labute approximate surface area is 116 Å². The molecule has 1 aromatic carbocycles. The van der Waals surface area contributed by atoms with Crippen LogP contribution in [0, 0.1) is 5.82 Å². The third-order valence-electron chi connectivity index (χ3n) is 3.38. The third kappa shape index (κ3) is 2.56. The Morgan fingerprint density at radius 1 is 1.10 bits per heavy atom. The van der Waals surface area contributed by atoms with Crippen LogP contribution < -0.4 is 5.73 Å². The number of nitrogens with zero attached hydrogens (tertiary/aromatic N) is 2. The highest BCUT2D eigenvalue weighted by Crippen LogP contribution is 2.19. The van der Waals surface area contributed by atoms with E-state index in [-0.39, 0.29) is 5.82 Å². The van der Waals surface area contributed by atoms with Gasteiger partial charge >= 0.3 is 0 Å². The van der Waals surface area contributed by atoms with Gasteiger partial charge in [0.05, 0.1) is 6.20 Å². The van der Waals surface area contributed by atoms with E-state index in [0.29, 0.717) is 13.1 Å². The maximum absolute atomic E-state index is 13.2.